The van der Waals surface area contributed by atoms with Crippen LogP contribution in [0.2, 0.25) is 0 Å². The number of aliphatic carboxylic acids is 1. The molecular weight excluding hydrogens is 260 g/mol. The Balaban J connectivity index is 2.54. The fourth-order valence-electron chi connectivity index (χ4n) is 2.84. The van der Waals surface area contributed by atoms with E-state index in [-0.39, 0.29) is 24.3 Å². The van der Waals surface area contributed by atoms with E-state index in [1.54, 1.807) is 4.90 Å². The standard InChI is InChI=1S/C14H24N2O4/c1-4-16(5-2)12(17)8-15-13(18)10-6-9(3)7-11(10)14(19)20/h9-11H,4-8H2,1-3H3,(H,15,18)(H,19,20)/t9?,10-,11+/m0/s1. The minimum Gasteiger partial charge on any atom is -0.481 e. The molecule has 0 aromatic rings. The molecule has 114 valence electrons. The number of carbonyl (C=O) groups excluding carboxylic acids is 2. The van der Waals surface area contributed by atoms with Crippen LogP contribution in [-0.4, -0.2) is 47.4 Å². The molecule has 1 unspecified atom stereocenters. The Labute approximate surface area is 119 Å². The first kappa shape index (κ1) is 16.5. The van der Waals surface area contributed by atoms with Crippen LogP contribution in [-0.2, 0) is 14.4 Å². The second kappa shape index (κ2) is 7.26. The molecule has 0 radical (unpaired) electrons. The van der Waals surface area contributed by atoms with Gasteiger partial charge in [-0.25, -0.2) is 0 Å². The molecular formula is C14H24N2O4. The molecule has 1 fully saturated rings. The minimum absolute atomic E-state index is 0.0578. The fraction of sp³-hybridized carbons (Fsp3) is 0.786. The van der Waals surface area contributed by atoms with Crippen molar-refractivity contribution in [3.8, 4) is 0 Å². The van der Waals surface area contributed by atoms with Crippen molar-refractivity contribution >= 4 is 17.8 Å². The van der Waals surface area contributed by atoms with Crippen LogP contribution < -0.4 is 5.32 Å². The highest BCUT2D eigenvalue weighted by Crippen LogP contribution is 2.36. The van der Waals surface area contributed by atoms with E-state index in [9.17, 15) is 14.4 Å². The predicted molar refractivity (Wildman–Crippen MR) is 74.0 cm³/mol. The van der Waals surface area contributed by atoms with Crippen molar-refractivity contribution in [2.75, 3.05) is 19.6 Å². The number of rotatable bonds is 6. The Kier molecular flexibility index (Phi) is 5.98. The predicted octanol–water partition coefficient (Wildman–Crippen LogP) is 0.718. The number of nitrogens with zero attached hydrogens (tertiary/aromatic N) is 1. The minimum atomic E-state index is -0.926. The summed E-state index contributed by atoms with van der Waals surface area (Å²) in [5.74, 6) is -2.31. The molecule has 6 nitrogen and oxygen atoms in total. The Hall–Kier alpha value is -1.59. The number of nitrogens with one attached hydrogen (secondary N) is 1. The van der Waals surface area contributed by atoms with Gasteiger partial charge in [0.05, 0.1) is 18.4 Å². The largest absolute Gasteiger partial charge is 0.481 e. The van der Waals surface area contributed by atoms with Crippen molar-refractivity contribution in [1.82, 2.24) is 10.2 Å². The van der Waals surface area contributed by atoms with Gasteiger partial charge < -0.3 is 15.3 Å². The van der Waals surface area contributed by atoms with Crippen LogP contribution in [0.4, 0.5) is 0 Å². The summed E-state index contributed by atoms with van der Waals surface area (Å²) in [5.41, 5.74) is 0. The van der Waals surface area contributed by atoms with Gasteiger partial charge in [-0.3, -0.25) is 14.4 Å². The SMILES string of the molecule is CCN(CC)C(=O)CNC(=O)[C@H]1CC(C)C[C@H]1C(=O)O. The smallest absolute Gasteiger partial charge is 0.307 e. The maximum absolute atomic E-state index is 12.1. The molecule has 0 saturated heterocycles. The molecule has 0 aromatic heterocycles. The van der Waals surface area contributed by atoms with Crippen LogP contribution in [0.1, 0.15) is 33.6 Å². The number of carboxylic acids is 1. The van der Waals surface area contributed by atoms with E-state index >= 15 is 0 Å². The molecule has 0 aromatic carbocycles. The van der Waals surface area contributed by atoms with Crippen LogP contribution in [0.5, 0.6) is 0 Å². The maximum atomic E-state index is 12.1. The van der Waals surface area contributed by atoms with Gasteiger partial charge in [-0.1, -0.05) is 6.92 Å². The van der Waals surface area contributed by atoms with Crippen molar-refractivity contribution in [2.24, 2.45) is 17.8 Å². The summed E-state index contributed by atoms with van der Waals surface area (Å²) in [7, 11) is 0. The molecule has 3 atom stereocenters. The van der Waals surface area contributed by atoms with Crippen LogP contribution >= 0.6 is 0 Å². The van der Waals surface area contributed by atoms with Gasteiger partial charge in [0.15, 0.2) is 0 Å². The molecule has 0 heterocycles. The number of amides is 2. The molecule has 1 saturated carbocycles. The normalized spacial score (nSPS) is 25.2. The molecule has 0 aliphatic heterocycles. The number of hydrogen-bond acceptors (Lipinski definition) is 3. The van der Waals surface area contributed by atoms with Crippen molar-refractivity contribution in [2.45, 2.75) is 33.6 Å². The second-order valence-electron chi connectivity index (χ2n) is 5.41. The quantitative estimate of drug-likeness (QED) is 0.752. The van der Waals surface area contributed by atoms with E-state index in [0.717, 1.165) is 0 Å². The highest BCUT2D eigenvalue weighted by molar-refractivity contribution is 5.88. The highest BCUT2D eigenvalue weighted by Gasteiger charge is 2.41. The average molecular weight is 284 g/mol. The van der Waals surface area contributed by atoms with Gasteiger partial charge in [-0.15, -0.1) is 0 Å². The molecule has 2 N–H and O–H groups in total. The van der Waals surface area contributed by atoms with E-state index in [0.29, 0.717) is 25.9 Å². The first-order valence-electron chi connectivity index (χ1n) is 7.18. The lowest BCUT2D eigenvalue weighted by atomic mass is 9.95. The summed E-state index contributed by atoms with van der Waals surface area (Å²) in [6, 6.07) is 0. The van der Waals surface area contributed by atoms with Crippen LogP contribution in [0.25, 0.3) is 0 Å². The van der Waals surface area contributed by atoms with E-state index in [4.69, 9.17) is 5.11 Å². The topological polar surface area (TPSA) is 86.7 Å². The van der Waals surface area contributed by atoms with Crippen molar-refractivity contribution in [3.05, 3.63) is 0 Å². The highest BCUT2D eigenvalue weighted by atomic mass is 16.4. The summed E-state index contributed by atoms with van der Waals surface area (Å²) in [4.78, 5) is 36.6. The summed E-state index contributed by atoms with van der Waals surface area (Å²) in [6.07, 6.45) is 1.10. The van der Waals surface area contributed by atoms with Crippen LogP contribution in [0.15, 0.2) is 0 Å². The first-order valence-corrected chi connectivity index (χ1v) is 7.18. The van der Waals surface area contributed by atoms with Gasteiger partial charge in [0.1, 0.15) is 0 Å². The third-order valence-corrected chi connectivity index (χ3v) is 3.98. The molecule has 6 heteroatoms. The molecule has 0 bridgehead atoms. The van der Waals surface area contributed by atoms with Crippen LogP contribution in [0.3, 0.4) is 0 Å². The zero-order chi connectivity index (χ0) is 15.3. The summed E-state index contributed by atoms with van der Waals surface area (Å²) in [5, 5.41) is 11.7. The number of hydrogen-bond donors (Lipinski definition) is 2. The van der Waals surface area contributed by atoms with E-state index in [1.807, 2.05) is 20.8 Å². The monoisotopic (exact) mass is 284 g/mol. The summed E-state index contributed by atoms with van der Waals surface area (Å²) < 4.78 is 0. The summed E-state index contributed by atoms with van der Waals surface area (Å²) in [6.45, 7) is 6.85. The van der Waals surface area contributed by atoms with Gasteiger partial charge >= 0.3 is 5.97 Å². The molecule has 1 rings (SSSR count). The zero-order valence-electron chi connectivity index (χ0n) is 12.4. The number of carboxylic acid groups (broad SMARTS) is 1. The zero-order valence-corrected chi connectivity index (χ0v) is 12.4. The lowest BCUT2D eigenvalue weighted by Gasteiger charge is -2.20. The molecule has 2 amide bonds. The Morgan fingerprint density at radius 3 is 2.20 bits per heavy atom. The van der Waals surface area contributed by atoms with Crippen LogP contribution in [0, 0.1) is 17.8 Å². The third kappa shape index (κ3) is 3.95. The number of carbonyl (C=O) groups is 3. The van der Waals surface area contributed by atoms with Crippen molar-refractivity contribution in [1.29, 1.82) is 0 Å². The van der Waals surface area contributed by atoms with Gasteiger partial charge in [0.25, 0.3) is 0 Å². The van der Waals surface area contributed by atoms with Gasteiger partial charge in [0, 0.05) is 13.1 Å². The maximum Gasteiger partial charge on any atom is 0.307 e. The molecule has 20 heavy (non-hydrogen) atoms. The second-order valence-corrected chi connectivity index (χ2v) is 5.41. The van der Waals surface area contributed by atoms with E-state index in [1.165, 1.54) is 0 Å². The van der Waals surface area contributed by atoms with Gasteiger partial charge in [-0.2, -0.15) is 0 Å². The lowest BCUT2D eigenvalue weighted by Crippen LogP contribution is -2.43. The molecule has 1 aliphatic carbocycles. The summed E-state index contributed by atoms with van der Waals surface area (Å²) >= 11 is 0. The fourth-order valence-corrected chi connectivity index (χ4v) is 2.84. The van der Waals surface area contributed by atoms with E-state index < -0.39 is 17.8 Å². The Morgan fingerprint density at radius 1 is 1.15 bits per heavy atom. The Morgan fingerprint density at radius 2 is 1.70 bits per heavy atom. The number of likely N-dealkylation sites (N-methyl/N-ethyl adjacent to an activating group) is 1. The van der Waals surface area contributed by atoms with E-state index in [2.05, 4.69) is 5.32 Å². The average Bonchev–Trinajstić information content (AvgIpc) is 2.79. The molecule has 1 aliphatic rings. The lowest BCUT2D eigenvalue weighted by molar-refractivity contribution is -0.146. The van der Waals surface area contributed by atoms with Gasteiger partial charge in [-0.05, 0) is 32.6 Å². The third-order valence-electron chi connectivity index (χ3n) is 3.98. The Bertz CT molecular complexity index is 379. The van der Waals surface area contributed by atoms with Crippen molar-refractivity contribution in [3.63, 3.8) is 0 Å². The first-order chi connectivity index (χ1) is 9.40. The molecule has 0 spiro atoms. The van der Waals surface area contributed by atoms with Crippen molar-refractivity contribution < 1.29 is 19.5 Å². The van der Waals surface area contributed by atoms with Gasteiger partial charge in [0.2, 0.25) is 11.8 Å².